The number of hydrogen-bond donors (Lipinski definition) is 1. The van der Waals surface area contributed by atoms with Gasteiger partial charge in [0.05, 0.1) is 4.90 Å². The molecule has 0 radical (unpaired) electrons. The molecule has 2 aromatic carbocycles. The van der Waals surface area contributed by atoms with Crippen LogP contribution >= 0.6 is 11.6 Å². The van der Waals surface area contributed by atoms with Crippen LogP contribution in [0.3, 0.4) is 0 Å². The van der Waals surface area contributed by atoms with Gasteiger partial charge in [0.2, 0.25) is 10.0 Å². The number of carbonyl (C=O) groups excluding carboxylic acids is 1. The predicted octanol–water partition coefficient (Wildman–Crippen LogP) is 4.49. The Morgan fingerprint density at radius 3 is 2.31 bits per heavy atom. The number of rotatable bonds is 10. The molecule has 0 aromatic heterocycles. The lowest BCUT2D eigenvalue weighted by Gasteiger charge is -2.21. The molecule has 2 aromatic rings. The van der Waals surface area contributed by atoms with Gasteiger partial charge in [-0.05, 0) is 54.3 Å². The van der Waals surface area contributed by atoms with Gasteiger partial charge in [0.15, 0.2) is 0 Å². The molecular weight excluding hydrogens is 408 g/mol. The zero-order valence-corrected chi connectivity index (χ0v) is 18.3. The summed E-state index contributed by atoms with van der Waals surface area (Å²) in [6.45, 7) is 8.84. The van der Waals surface area contributed by atoms with Crippen molar-refractivity contribution < 1.29 is 13.2 Å². The van der Waals surface area contributed by atoms with Gasteiger partial charge in [-0.15, -0.1) is 6.58 Å². The van der Waals surface area contributed by atoms with E-state index in [-0.39, 0.29) is 23.9 Å². The van der Waals surface area contributed by atoms with Crippen LogP contribution in [0.4, 0.5) is 0 Å². The van der Waals surface area contributed by atoms with Crippen LogP contribution in [0.5, 0.6) is 0 Å². The Labute approximate surface area is 178 Å². The number of amides is 1. The molecule has 5 nitrogen and oxygen atoms in total. The molecular formula is C22H27ClN2O3S. The maximum atomic E-state index is 13.0. The second-order valence-corrected chi connectivity index (χ2v) is 9.55. The first kappa shape index (κ1) is 23.1. The van der Waals surface area contributed by atoms with E-state index >= 15 is 0 Å². The van der Waals surface area contributed by atoms with E-state index in [1.165, 1.54) is 16.4 Å². The highest BCUT2D eigenvalue weighted by atomic mass is 35.5. The minimum atomic E-state index is -3.70. The number of halogens is 1. The molecule has 0 saturated carbocycles. The van der Waals surface area contributed by atoms with Crippen LogP contribution in [0.15, 0.2) is 66.1 Å². The molecule has 0 saturated heterocycles. The molecule has 0 aliphatic rings. The van der Waals surface area contributed by atoms with Crippen molar-refractivity contribution in [2.45, 2.75) is 31.7 Å². The zero-order valence-electron chi connectivity index (χ0n) is 16.8. The van der Waals surface area contributed by atoms with Crippen LogP contribution in [0.2, 0.25) is 5.02 Å². The molecule has 2 rings (SSSR count). The van der Waals surface area contributed by atoms with Crippen molar-refractivity contribution in [3.05, 3.63) is 77.3 Å². The Kier molecular flexibility index (Phi) is 8.44. The van der Waals surface area contributed by atoms with E-state index in [1.54, 1.807) is 42.5 Å². The van der Waals surface area contributed by atoms with Gasteiger partial charge in [-0.25, -0.2) is 8.42 Å². The number of nitrogens with zero attached hydrogens (tertiary/aromatic N) is 1. The lowest BCUT2D eigenvalue weighted by atomic mass is 10.1. The molecule has 0 bridgehead atoms. The lowest BCUT2D eigenvalue weighted by Crippen LogP contribution is -2.31. The maximum Gasteiger partial charge on any atom is 0.251 e. The number of nitrogens with one attached hydrogen (secondary N) is 1. The topological polar surface area (TPSA) is 66.5 Å². The molecule has 1 amide bonds. The normalized spacial score (nSPS) is 11.6. The van der Waals surface area contributed by atoms with E-state index in [0.29, 0.717) is 23.0 Å². The fraction of sp³-hybridized carbons (Fsp3) is 0.318. The van der Waals surface area contributed by atoms with E-state index in [4.69, 9.17) is 11.6 Å². The number of benzene rings is 2. The summed E-state index contributed by atoms with van der Waals surface area (Å²) in [5.74, 6) is 0.394. The third-order valence-corrected chi connectivity index (χ3v) is 6.44. The summed E-state index contributed by atoms with van der Waals surface area (Å²) in [4.78, 5) is 12.4. The summed E-state index contributed by atoms with van der Waals surface area (Å²) in [5.41, 5.74) is 1.33. The minimum Gasteiger partial charge on any atom is -0.352 e. The predicted molar refractivity (Wildman–Crippen MR) is 117 cm³/mol. The highest BCUT2D eigenvalue weighted by Crippen LogP contribution is 2.20. The largest absolute Gasteiger partial charge is 0.352 e. The third kappa shape index (κ3) is 6.70. The zero-order chi connectivity index (χ0) is 21.4. The molecule has 0 spiro atoms. The third-order valence-electron chi connectivity index (χ3n) is 4.37. The van der Waals surface area contributed by atoms with E-state index in [1.807, 2.05) is 0 Å². The molecule has 0 aliphatic carbocycles. The fourth-order valence-electron chi connectivity index (χ4n) is 2.69. The van der Waals surface area contributed by atoms with Gasteiger partial charge in [-0.1, -0.05) is 43.7 Å². The smallest absolute Gasteiger partial charge is 0.251 e. The summed E-state index contributed by atoms with van der Waals surface area (Å²) < 4.78 is 27.2. The second-order valence-electron chi connectivity index (χ2n) is 7.18. The number of carbonyl (C=O) groups is 1. The molecule has 0 heterocycles. The monoisotopic (exact) mass is 434 g/mol. The van der Waals surface area contributed by atoms with Gasteiger partial charge in [0.1, 0.15) is 0 Å². The molecule has 7 heteroatoms. The summed E-state index contributed by atoms with van der Waals surface area (Å²) in [7, 11) is -3.70. The quantitative estimate of drug-likeness (QED) is 0.560. The van der Waals surface area contributed by atoms with Crippen molar-refractivity contribution >= 4 is 27.5 Å². The average Bonchev–Trinajstić information content (AvgIpc) is 2.68. The van der Waals surface area contributed by atoms with Gasteiger partial charge in [0.25, 0.3) is 5.91 Å². The Morgan fingerprint density at radius 2 is 1.76 bits per heavy atom. The Bertz CT molecular complexity index is 924. The van der Waals surface area contributed by atoms with Crippen LogP contribution in [0, 0.1) is 5.92 Å². The Hall–Kier alpha value is -2.15. The van der Waals surface area contributed by atoms with Crippen LogP contribution in [0.25, 0.3) is 0 Å². The van der Waals surface area contributed by atoms with E-state index in [0.717, 1.165) is 12.0 Å². The van der Waals surface area contributed by atoms with E-state index in [9.17, 15) is 13.2 Å². The van der Waals surface area contributed by atoms with Crippen molar-refractivity contribution in [2.75, 3.05) is 13.1 Å². The fourth-order valence-corrected chi connectivity index (χ4v) is 4.21. The van der Waals surface area contributed by atoms with Gasteiger partial charge < -0.3 is 5.32 Å². The molecule has 0 unspecified atom stereocenters. The summed E-state index contributed by atoms with van der Waals surface area (Å²) >= 11 is 5.86. The van der Waals surface area contributed by atoms with Gasteiger partial charge in [-0.3, -0.25) is 4.79 Å². The molecule has 156 valence electrons. The standard InChI is InChI=1S/C22H27ClN2O3S/c1-4-15-25(29(27,28)21-11-9-20(23)10-12-21)16-18-5-7-19(8-6-18)22(26)24-14-13-17(2)3/h4-12,17H,1,13-16H2,2-3H3,(H,24,26). The highest BCUT2D eigenvalue weighted by Gasteiger charge is 2.23. The van der Waals surface area contributed by atoms with E-state index in [2.05, 4.69) is 25.7 Å². The summed E-state index contributed by atoms with van der Waals surface area (Å²) in [5, 5.41) is 3.37. The number of hydrogen-bond acceptors (Lipinski definition) is 3. The van der Waals surface area contributed by atoms with Crippen molar-refractivity contribution in [1.82, 2.24) is 9.62 Å². The molecule has 29 heavy (non-hydrogen) atoms. The molecule has 0 aliphatic heterocycles. The van der Waals surface area contributed by atoms with Crippen molar-refractivity contribution in [2.24, 2.45) is 5.92 Å². The Balaban J connectivity index is 2.11. The van der Waals surface area contributed by atoms with Gasteiger partial charge in [-0.2, -0.15) is 4.31 Å². The van der Waals surface area contributed by atoms with E-state index < -0.39 is 10.0 Å². The van der Waals surface area contributed by atoms with Crippen molar-refractivity contribution in [3.8, 4) is 0 Å². The van der Waals surface area contributed by atoms with Crippen molar-refractivity contribution in [3.63, 3.8) is 0 Å². The first-order valence-electron chi connectivity index (χ1n) is 9.47. The highest BCUT2D eigenvalue weighted by molar-refractivity contribution is 7.89. The van der Waals surface area contributed by atoms with Crippen molar-refractivity contribution in [1.29, 1.82) is 0 Å². The molecule has 0 atom stereocenters. The summed E-state index contributed by atoms with van der Waals surface area (Å²) in [6.07, 6.45) is 2.47. The molecule has 1 N–H and O–H groups in total. The van der Waals surface area contributed by atoms with Crippen LogP contribution in [0.1, 0.15) is 36.2 Å². The SMILES string of the molecule is C=CCN(Cc1ccc(C(=O)NCCC(C)C)cc1)S(=O)(=O)c1ccc(Cl)cc1. The van der Waals surface area contributed by atoms with Crippen LogP contribution < -0.4 is 5.32 Å². The Morgan fingerprint density at radius 1 is 1.14 bits per heavy atom. The second kappa shape index (κ2) is 10.6. The summed E-state index contributed by atoms with van der Waals surface area (Å²) in [6, 6.07) is 13.0. The number of sulfonamides is 1. The minimum absolute atomic E-state index is 0.131. The lowest BCUT2D eigenvalue weighted by molar-refractivity contribution is 0.0952. The molecule has 0 fully saturated rings. The van der Waals surface area contributed by atoms with Gasteiger partial charge in [0, 0.05) is 30.2 Å². The first-order valence-corrected chi connectivity index (χ1v) is 11.3. The first-order chi connectivity index (χ1) is 13.7. The van der Waals surface area contributed by atoms with Gasteiger partial charge >= 0.3 is 0 Å². The van der Waals surface area contributed by atoms with Crippen LogP contribution in [-0.2, 0) is 16.6 Å². The maximum absolute atomic E-state index is 13.0. The average molecular weight is 435 g/mol. The van der Waals surface area contributed by atoms with Crippen LogP contribution in [-0.4, -0.2) is 31.7 Å².